The molecule has 0 bridgehead atoms. The summed E-state index contributed by atoms with van der Waals surface area (Å²) in [4.78, 5) is 25.4. The van der Waals surface area contributed by atoms with Crippen LogP contribution in [0.25, 0.3) is 0 Å². The molecular weight excluding hydrogens is 364 g/mol. The highest BCUT2D eigenvalue weighted by Gasteiger charge is 2.24. The highest BCUT2D eigenvalue weighted by molar-refractivity contribution is 6.31. The second-order valence-corrected chi connectivity index (χ2v) is 6.58. The summed E-state index contributed by atoms with van der Waals surface area (Å²) >= 11 is 6.17. The zero-order chi connectivity index (χ0) is 19.4. The van der Waals surface area contributed by atoms with Gasteiger partial charge in [0.15, 0.2) is 11.9 Å². The molecule has 0 aliphatic heterocycles. The number of carbonyl (C=O) groups is 2. The molecule has 0 aliphatic rings. The predicted octanol–water partition coefficient (Wildman–Crippen LogP) is 4.60. The number of halogens is 1. The maximum absolute atomic E-state index is 13.0. The maximum Gasteiger partial charge on any atom is 0.288 e. The molecule has 1 aromatic heterocycles. The number of ketones is 1. The van der Waals surface area contributed by atoms with E-state index in [1.165, 1.54) is 12.3 Å². The predicted molar refractivity (Wildman–Crippen MR) is 105 cm³/mol. The number of rotatable bonds is 6. The normalized spacial score (nSPS) is 11.7. The van der Waals surface area contributed by atoms with Crippen LogP contribution >= 0.6 is 11.6 Å². The average Bonchev–Trinajstić information content (AvgIpc) is 3.20. The molecule has 0 saturated heterocycles. The van der Waals surface area contributed by atoms with Crippen molar-refractivity contribution >= 4 is 29.0 Å². The quantitative estimate of drug-likeness (QED) is 0.482. The molecule has 138 valence electrons. The second kappa shape index (κ2) is 8.10. The summed E-state index contributed by atoms with van der Waals surface area (Å²) in [6.07, 6.45) is 0.419. The SMILES string of the molecule is Cc1ccc(C(=O)C(NC(=O)c2ccco2)Nc2cccc(Cl)c2C)cc1. The Bertz CT molecular complexity index is 950. The zero-order valence-electron chi connectivity index (χ0n) is 15.0. The lowest BCUT2D eigenvalue weighted by Crippen LogP contribution is -2.46. The monoisotopic (exact) mass is 382 g/mol. The number of carbonyl (C=O) groups excluding carboxylic acids is 2. The van der Waals surface area contributed by atoms with Gasteiger partial charge in [-0.05, 0) is 43.7 Å². The van der Waals surface area contributed by atoms with Crippen LogP contribution in [0.4, 0.5) is 5.69 Å². The standard InChI is InChI=1S/C21H19ClN2O3/c1-13-8-10-15(11-9-13)19(25)20(24-21(26)18-7-4-12-27-18)23-17-6-3-5-16(22)14(17)2/h3-12,20,23H,1-2H3,(H,24,26). The van der Waals surface area contributed by atoms with Crippen molar-refractivity contribution in [1.29, 1.82) is 0 Å². The lowest BCUT2D eigenvalue weighted by atomic mass is 10.1. The highest BCUT2D eigenvalue weighted by Crippen LogP contribution is 2.24. The average molecular weight is 383 g/mol. The Morgan fingerprint density at radius 2 is 1.74 bits per heavy atom. The van der Waals surface area contributed by atoms with Crippen molar-refractivity contribution in [1.82, 2.24) is 5.32 Å². The minimum absolute atomic E-state index is 0.126. The van der Waals surface area contributed by atoms with Crippen LogP contribution in [-0.2, 0) is 0 Å². The van der Waals surface area contributed by atoms with Gasteiger partial charge in [0.25, 0.3) is 5.91 Å². The molecule has 0 spiro atoms. The van der Waals surface area contributed by atoms with E-state index >= 15 is 0 Å². The zero-order valence-corrected chi connectivity index (χ0v) is 15.7. The van der Waals surface area contributed by atoms with Crippen molar-refractivity contribution in [2.45, 2.75) is 20.0 Å². The van der Waals surface area contributed by atoms with Crippen molar-refractivity contribution in [2.75, 3.05) is 5.32 Å². The largest absolute Gasteiger partial charge is 0.459 e. The summed E-state index contributed by atoms with van der Waals surface area (Å²) in [7, 11) is 0. The van der Waals surface area contributed by atoms with Gasteiger partial charge in [-0.15, -0.1) is 0 Å². The molecule has 0 fully saturated rings. The first-order valence-corrected chi connectivity index (χ1v) is 8.80. The summed E-state index contributed by atoms with van der Waals surface area (Å²) in [6.45, 7) is 3.78. The first-order valence-electron chi connectivity index (χ1n) is 8.42. The number of benzene rings is 2. The van der Waals surface area contributed by atoms with Gasteiger partial charge in [0.1, 0.15) is 0 Å². The van der Waals surface area contributed by atoms with Crippen LogP contribution in [0.15, 0.2) is 65.3 Å². The lowest BCUT2D eigenvalue weighted by molar-refractivity contribution is 0.0852. The van der Waals surface area contributed by atoms with Crippen molar-refractivity contribution in [3.63, 3.8) is 0 Å². The van der Waals surface area contributed by atoms with E-state index in [0.29, 0.717) is 16.3 Å². The van der Waals surface area contributed by atoms with E-state index in [9.17, 15) is 9.59 Å². The van der Waals surface area contributed by atoms with Crippen molar-refractivity contribution in [3.05, 3.63) is 88.3 Å². The third kappa shape index (κ3) is 4.38. The fraction of sp³-hybridized carbons (Fsp3) is 0.143. The maximum atomic E-state index is 13.0. The fourth-order valence-corrected chi connectivity index (χ4v) is 2.76. The third-order valence-corrected chi connectivity index (χ3v) is 4.60. The fourth-order valence-electron chi connectivity index (χ4n) is 2.58. The molecular formula is C21H19ClN2O3. The van der Waals surface area contributed by atoms with Crippen LogP contribution in [-0.4, -0.2) is 17.9 Å². The van der Waals surface area contributed by atoms with E-state index in [4.69, 9.17) is 16.0 Å². The van der Waals surface area contributed by atoms with Crippen LogP contribution < -0.4 is 10.6 Å². The van der Waals surface area contributed by atoms with E-state index in [1.54, 1.807) is 36.4 Å². The van der Waals surface area contributed by atoms with Gasteiger partial charge in [0.05, 0.1) is 6.26 Å². The van der Waals surface area contributed by atoms with Crippen LogP contribution in [0.2, 0.25) is 5.02 Å². The number of amides is 1. The van der Waals surface area contributed by atoms with Gasteiger partial charge in [0.2, 0.25) is 5.78 Å². The molecule has 1 atom stereocenters. The van der Waals surface area contributed by atoms with Crippen LogP contribution in [0, 0.1) is 13.8 Å². The number of furan rings is 1. The van der Waals surface area contributed by atoms with Gasteiger partial charge in [-0.25, -0.2) is 0 Å². The summed E-state index contributed by atoms with van der Waals surface area (Å²) in [5.74, 6) is -0.631. The van der Waals surface area contributed by atoms with E-state index in [0.717, 1.165) is 11.1 Å². The molecule has 3 rings (SSSR count). The number of anilines is 1. The van der Waals surface area contributed by atoms with Gasteiger partial charge in [0, 0.05) is 16.3 Å². The van der Waals surface area contributed by atoms with E-state index < -0.39 is 12.1 Å². The summed E-state index contributed by atoms with van der Waals surface area (Å²) in [5, 5.41) is 6.35. The molecule has 0 saturated carbocycles. The summed E-state index contributed by atoms with van der Waals surface area (Å²) in [6, 6.07) is 15.7. The first kappa shape index (κ1) is 18.7. The summed E-state index contributed by atoms with van der Waals surface area (Å²) in [5.41, 5.74) is 2.97. The molecule has 1 unspecified atom stereocenters. The Kier molecular flexibility index (Phi) is 5.62. The molecule has 0 aliphatic carbocycles. The molecule has 2 aromatic carbocycles. The Labute approximate surface area is 162 Å². The second-order valence-electron chi connectivity index (χ2n) is 6.17. The highest BCUT2D eigenvalue weighted by atomic mass is 35.5. The Hall–Kier alpha value is -3.05. The molecule has 6 heteroatoms. The van der Waals surface area contributed by atoms with Gasteiger partial charge in [-0.1, -0.05) is 47.5 Å². The van der Waals surface area contributed by atoms with E-state index in [2.05, 4.69) is 10.6 Å². The van der Waals surface area contributed by atoms with Gasteiger partial charge in [-0.3, -0.25) is 9.59 Å². The number of aryl methyl sites for hydroxylation is 1. The Morgan fingerprint density at radius 3 is 2.41 bits per heavy atom. The molecule has 2 N–H and O–H groups in total. The van der Waals surface area contributed by atoms with Gasteiger partial charge >= 0.3 is 0 Å². The van der Waals surface area contributed by atoms with Crippen molar-refractivity contribution in [2.24, 2.45) is 0 Å². The van der Waals surface area contributed by atoms with E-state index in [-0.39, 0.29) is 11.5 Å². The number of nitrogens with one attached hydrogen (secondary N) is 2. The summed E-state index contributed by atoms with van der Waals surface area (Å²) < 4.78 is 5.12. The molecule has 5 nitrogen and oxygen atoms in total. The minimum Gasteiger partial charge on any atom is -0.459 e. The van der Waals surface area contributed by atoms with E-state index in [1.807, 2.05) is 26.0 Å². The van der Waals surface area contributed by atoms with Gasteiger partial charge < -0.3 is 15.1 Å². The molecule has 27 heavy (non-hydrogen) atoms. The Morgan fingerprint density at radius 1 is 1.00 bits per heavy atom. The first-order chi connectivity index (χ1) is 13.0. The number of Topliss-reactive ketones (excluding diaryl/α,β-unsaturated/α-hetero) is 1. The van der Waals surface area contributed by atoms with Crippen LogP contribution in [0.1, 0.15) is 32.0 Å². The topological polar surface area (TPSA) is 71.3 Å². The number of hydrogen-bond acceptors (Lipinski definition) is 4. The van der Waals surface area contributed by atoms with Gasteiger partial charge in [-0.2, -0.15) is 0 Å². The molecule has 1 amide bonds. The lowest BCUT2D eigenvalue weighted by Gasteiger charge is -2.21. The molecule has 3 aromatic rings. The molecule has 0 radical (unpaired) electrons. The third-order valence-electron chi connectivity index (χ3n) is 4.19. The Balaban J connectivity index is 1.90. The van der Waals surface area contributed by atoms with Crippen molar-refractivity contribution < 1.29 is 14.0 Å². The van der Waals surface area contributed by atoms with Crippen LogP contribution in [0.5, 0.6) is 0 Å². The minimum atomic E-state index is -0.984. The van der Waals surface area contributed by atoms with Crippen LogP contribution in [0.3, 0.4) is 0 Å². The smallest absolute Gasteiger partial charge is 0.288 e. The van der Waals surface area contributed by atoms with Crippen molar-refractivity contribution in [3.8, 4) is 0 Å². The molecule has 1 heterocycles. The number of hydrogen-bond donors (Lipinski definition) is 2.